The Morgan fingerprint density at radius 3 is 2.76 bits per heavy atom. The highest BCUT2D eigenvalue weighted by molar-refractivity contribution is 7.18. The Balaban J connectivity index is 2.59. The highest BCUT2D eigenvalue weighted by Crippen LogP contribution is 2.24. The third-order valence-electron chi connectivity index (χ3n) is 1.84. The summed E-state index contributed by atoms with van der Waals surface area (Å²) in [6.07, 6.45) is 0.102. The minimum Gasteiger partial charge on any atom is -0.382 e. The summed E-state index contributed by atoms with van der Waals surface area (Å²) in [4.78, 5) is 26.5. The molecule has 0 aliphatic rings. The lowest BCUT2D eigenvalue weighted by atomic mass is 10.4. The minimum absolute atomic E-state index is 0.102. The molecular weight excluding hydrogens is 242 g/mol. The Hall–Kier alpha value is -1.83. The molecule has 1 rings (SSSR count). The van der Waals surface area contributed by atoms with Crippen LogP contribution in [-0.2, 0) is 4.79 Å². The molecule has 8 heteroatoms. The number of aromatic nitrogens is 1. The maximum absolute atomic E-state index is 11.7. The molecule has 7 nitrogen and oxygen atoms in total. The van der Waals surface area contributed by atoms with Crippen molar-refractivity contribution in [2.75, 3.05) is 24.1 Å². The fraction of sp³-hybridized carbons (Fsp3) is 0.444. The Morgan fingerprint density at radius 2 is 2.18 bits per heavy atom. The zero-order valence-corrected chi connectivity index (χ0v) is 10.3. The van der Waals surface area contributed by atoms with Crippen LogP contribution >= 0.6 is 11.3 Å². The quantitative estimate of drug-likeness (QED) is 0.560. The van der Waals surface area contributed by atoms with Gasteiger partial charge in [0.1, 0.15) is 10.7 Å². The number of nitrogens with one attached hydrogen (secondary N) is 2. The van der Waals surface area contributed by atoms with Crippen LogP contribution in [0.25, 0.3) is 0 Å². The van der Waals surface area contributed by atoms with E-state index in [0.29, 0.717) is 16.6 Å². The average Bonchev–Trinajstić information content (AvgIpc) is 2.59. The number of hydrogen-bond donors (Lipinski definition) is 4. The number of nitrogens with two attached hydrogens (primary N) is 2. The molecule has 0 unspecified atom stereocenters. The molecule has 0 aromatic carbocycles. The monoisotopic (exact) mass is 257 g/mol. The smallest absolute Gasteiger partial charge is 0.265 e. The SMILES string of the molecule is CCNc1nc(N)c(C(=O)NCCC(N)=O)s1. The molecule has 94 valence electrons. The molecule has 6 N–H and O–H groups in total. The van der Waals surface area contributed by atoms with E-state index in [9.17, 15) is 9.59 Å². The first-order chi connectivity index (χ1) is 8.04. The number of hydrogen-bond acceptors (Lipinski definition) is 6. The van der Waals surface area contributed by atoms with Gasteiger partial charge in [-0.15, -0.1) is 0 Å². The van der Waals surface area contributed by atoms with Gasteiger partial charge in [-0.1, -0.05) is 11.3 Å². The van der Waals surface area contributed by atoms with Gasteiger partial charge in [0, 0.05) is 19.5 Å². The number of primary amides is 1. The van der Waals surface area contributed by atoms with Gasteiger partial charge in [0.15, 0.2) is 5.13 Å². The Bertz CT molecular complexity index is 418. The Morgan fingerprint density at radius 1 is 1.47 bits per heavy atom. The molecular formula is C9H15N5O2S. The molecule has 1 heterocycles. The van der Waals surface area contributed by atoms with Gasteiger partial charge in [-0.2, -0.15) is 0 Å². The van der Waals surface area contributed by atoms with Crippen molar-refractivity contribution in [1.29, 1.82) is 0 Å². The van der Waals surface area contributed by atoms with Crippen LogP contribution in [0.2, 0.25) is 0 Å². The fourth-order valence-corrected chi connectivity index (χ4v) is 1.97. The zero-order valence-electron chi connectivity index (χ0n) is 9.45. The lowest BCUT2D eigenvalue weighted by Gasteiger charge is -2.01. The van der Waals surface area contributed by atoms with E-state index < -0.39 is 5.91 Å². The van der Waals surface area contributed by atoms with Gasteiger partial charge >= 0.3 is 0 Å². The van der Waals surface area contributed by atoms with E-state index in [-0.39, 0.29) is 24.7 Å². The second-order valence-corrected chi connectivity index (χ2v) is 4.23. The van der Waals surface area contributed by atoms with Crippen LogP contribution in [-0.4, -0.2) is 29.9 Å². The number of amides is 2. The topological polar surface area (TPSA) is 123 Å². The third kappa shape index (κ3) is 3.91. The lowest BCUT2D eigenvalue weighted by molar-refractivity contribution is -0.117. The van der Waals surface area contributed by atoms with Gasteiger partial charge in [-0.25, -0.2) is 4.98 Å². The first-order valence-electron chi connectivity index (χ1n) is 5.11. The predicted molar refractivity (Wildman–Crippen MR) is 66.8 cm³/mol. The molecule has 0 bridgehead atoms. The summed E-state index contributed by atoms with van der Waals surface area (Å²) in [5.74, 6) is -0.621. The number of anilines is 2. The summed E-state index contributed by atoms with van der Waals surface area (Å²) in [6, 6.07) is 0. The van der Waals surface area contributed by atoms with E-state index in [1.807, 2.05) is 6.92 Å². The van der Waals surface area contributed by atoms with E-state index in [1.54, 1.807) is 0 Å². The maximum atomic E-state index is 11.7. The molecule has 0 saturated carbocycles. The van der Waals surface area contributed by atoms with E-state index in [1.165, 1.54) is 11.3 Å². The second kappa shape index (κ2) is 6.04. The van der Waals surface area contributed by atoms with Crippen molar-refractivity contribution in [1.82, 2.24) is 10.3 Å². The van der Waals surface area contributed by atoms with Crippen LogP contribution < -0.4 is 22.1 Å². The number of thiazole rings is 1. The van der Waals surface area contributed by atoms with Gasteiger partial charge < -0.3 is 22.1 Å². The van der Waals surface area contributed by atoms with Crippen LogP contribution in [0.3, 0.4) is 0 Å². The summed E-state index contributed by atoms with van der Waals surface area (Å²) in [6.45, 7) is 2.82. The van der Waals surface area contributed by atoms with Gasteiger partial charge in [0.05, 0.1) is 0 Å². The van der Waals surface area contributed by atoms with Crippen molar-refractivity contribution >= 4 is 34.1 Å². The molecule has 1 aromatic rings. The van der Waals surface area contributed by atoms with Crippen LogP contribution in [0, 0.1) is 0 Å². The van der Waals surface area contributed by atoms with Crippen LogP contribution in [0.4, 0.5) is 10.9 Å². The fourth-order valence-electron chi connectivity index (χ4n) is 1.10. The van der Waals surface area contributed by atoms with Crippen LogP contribution in [0.15, 0.2) is 0 Å². The van der Waals surface area contributed by atoms with Crippen LogP contribution in [0.5, 0.6) is 0 Å². The first-order valence-corrected chi connectivity index (χ1v) is 5.93. The molecule has 0 radical (unpaired) electrons. The summed E-state index contributed by atoms with van der Waals surface area (Å²) in [7, 11) is 0. The Kier molecular flexibility index (Phi) is 4.70. The maximum Gasteiger partial charge on any atom is 0.265 e. The summed E-state index contributed by atoms with van der Waals surface area (Å²) >= 11 is 1.18. The standard InChI is InChI=1S/C9H15N5O2S/c1-2-12-9-14-7(11)6(17-9)8(16)13-4-3-5(10)15/h2-4,11H2,1H3,(H2,10,15)(H,12,14)(H,13,16). The van der Waals surface area contributed by atoms with Gasteiger partial charge in [0.2, 0.25) is 5.91 Å². The normalized spacial score (nSPS) is 9.94. The van der Waals surface area contributed by atoms with E-state index in [0.717, 1.165) is 0 Å². The van der Waals surface area contributed by atoms with Gasteiger partial charge in [-0.3, -0.25) is 9.59 Å². The molecule has 0 spiro atoms. The number of carbonyl (C=O) groups is 2. The number of carbonyl (C=O) groups excluding carboxylic acids is 2. The third-order valence-corrected chi connectivity index (χ3v) is 2.87. The molecule has 0 saturated heterocycles. The largest absolute Gasteiger partial charge is 0.382 e. The minimum atomic E-state index is -0.462. The highest BCUT2D eigenvalue weighted by Gasteiger charge is 2.15. The molecule has 0 aliphatic carbocycles. The van der Waals surface area contributed by atoms with Gasteiger partial charge in [0.25, 0.3) is 5.91 Å². The predicted octanol–water partition coefficient (Wildman–Crippen LogP) is -0.238. The first kappa shape index (κ1) is 13.2. The lowest BCUT2D eigenvalue weighted by Crippen LogP contribution is -2.27. The average molecular weight is 257 g/mol. The summed E-state index contributed by atoms with van der Waals surface area (Å²) in [5, 5.41) is 6.12. The molecule has 2 amide bonds. The molecule has 0 atom stereocenters. The van der Waals surface area contributed by atoms with Crippen molar-refractivity contribution in [3.8, 4) is 0 Å². The van der Waals surface area contributed by atoms with Crippen molar-refractivity contribution < 1.29 is 9.59 Å². The van der Waals surface area contributed by atoms with E-state index in [2.05, 4.69) is 15.6 Å². The number of nitrogens with zero attached hydrogens (tertiary/aromatic N) is 1. The van der Waals surface area contributed by atoms with Crippen LogP contribution in [0.1, 0.15) is 23.0 Å². The van der Waals surface area contributed by atoms with Crippen molar-refractivity contribution in [2.24, 2.45) is 5.73 Å². The second-order valence-electron chi connectivity index (χ2n) is 3.24. The van der Waals surface area contributed by atoms with E-state index in [4.69, 9.17) is 11.5 Å². The molecule has 17 heavy (non-hydrogen) atoms. The highest BCUT2D eigenvalue weighted by atomic mass is 32.1. The van der Waals surface area contributed by atoms with E-state index >= 15 is 0 Å². The van der Waals surface area contributed by atoms with Gasteiger partial charge in [-0.05, 0) is 6.92 Å². The molecule has 1 aromatic heterocycles. The number of rotatable bonds is 6. The summed E-state index contributed by atoms with van der Waals surface area (Å²) in [5.41, 5.74) is 10.6. The Labute approximate surface area is 103 Å². The van der Waals surface area contributed by atoms with Crippen molar-refractivity contribution in [3.63, 3.8) is 0 Å². The number of nitrogen functional groups attached to an aromatic ring is 1. The molecule has 0 fully saturated rings. The van der Waals surface area contributed by atoms with Crippen molar-refractivity contribution in [3.05, 3.63) is 4.88 Å². The summed E-state index contributed by atoms with van der Waals surface area (Å²) < 4.78 is 0. The zero-order chi connectivity index (χ0) is 12.8. The van der Waals surface area contributed by atoms with Crippen molar-refractivity contribution in [2.45, 2.75) is 13.3 Å². The molecule has 0 aliphatic heterocycles.